The van der Waals surface area contributed by atoms with E-state index in [9.17, 15) is 14.0 Å². The minimum absolute atomic E-state index is 0.0229. The molecule has 0 aromatic heterocycles. The van der Waals surface area contributed by atoms with E-state index in [-0.39, 0.29) is 18.1 Å². The van der Waals surface area contributed by atoms with Gasteiger partial charge in [-0.15, -0.1) is 0 Å². The molecule has 0 saturated heterocycles. The third-order valence-corrected chi connectivity index (χ3v) is 5.16. The number of fused-ring (bicyclic) bond motifs is 1. The molecule has 1 aliphatic heterocycles. The van der Waals surface area contributed by atoms with Gasteiger partial charge in [0.25, 0.3) is 0 Å². The van der Waals surface area contributed by atoms with E-state index >= 15 is 0 Å². The van der Waals surface area contributed by atoms with Crippen LogP contribution in [0.5, 0.6) is 11.5 Å². The minimum Gasteiger partial charge on any atom is -0.493 e. The molecule has 0 fully saturated rings. The number of carbonyl (C=O) groups is 2. The SMILES string of the molecule is COC(=O)C[C@@H]1c2cc(OC)c(OC)cc2CCN1C(=O)/C=C/c1ccc(F)cc1. The Balaban J connectivity index is 1.92. The number of amides is 1. The van der Waals surface area contributed by atoms with Crippen molar-refractivity contribution in [3.63, 3.8) is 0 Å². The van der Waals surface area contributed by atoms with Crippen molar-refractivity contribution in [3.05, 3.63) is 65.0 Å². The molecule has 1 atom stereocenters. The number of benzene rings is 2. The highest BCUT2D eigenvalue weighted by Gasteiger charge is 2.33. The van der Waals surface area contributed by atoms with Gasteiger partial charge in [0, 0.05) is 12.6 Å². The lowest BCUT2D eigenvalue weighted by Crippen LogP contribution is -2.40. The van der Waals surface area contributed by atoms with Crippen molar-refractivity contribution < 1.29 is 28.2 Å². The predicted molar refractivity (Wildman–Crippen MR) is 110 cm³/mol. The molecule has 3 rings (SSSR count). The molecule has 1 heterocycles. The van der Waals surface area contributed by atoms with E-state index in [1.54, 1.807) is 30.2 Å². The zero-order valence-electron chi connectivity index (χ0n) is 17.2. The Labute approximate surface area is 174 Å². The van der Waals surface area contributed by atoms with E-state index in [1.165, 1.54) is 32.4 Å². The molecule has 7 heteroatoms. The Kier molecular flexibility index (Phi) is 6.72. The molecule has 0 radical (unpaired) electrons. The summed E-state index contributed by atoms with van der Waals surface area (Å²) in [7, 11) is 4.42. The lowest BCUT2D eigenvalue weighted by atomic mass is 9.90. The molecule has 30 heavy (non-hydrogen) atoms. The monoisotopic (exact) mass is 413 g/mol. The summed E-state index contributed by atoms with van der Waals surface area (Å²) in [5.74, 6) is 0.136. The molecule has 0 unspecified atom stereocenters. The zero-order valence-corrected chi connectivity index (χ0v) is 17.2. The maximum Gasteiger partial charge on any atom is 0.307 e. The normalized spacial score (nSPS) is 15.6. The van der Waals surface area contributed by atoms with Crippen molar-refractivity contribution in [2.45, 2.75) is 18.9 Å². The fourth-order valence-corrected chi connectivity index (χ4v) is 3.59. The van der Waals surface area contributed by atoms with Crippen LogP contribution in [-0.4, -0.2) is 44.7 Å². The molecular weight excluding hydrogens is 389 g/mol. The number of rotatable bonds is 6. The van der Waals surface area contributed by atoms with E-state index in [4.69, 9.17) is 14.2 Å². The fraction of sp³-hybridized carbons (Fsp3) is 0.304. The van der Waals surface area contributed by atoms with Gasteiger partial charge in [-0.1, -0.05) is 12.1 Å². The summed E-state index contributed by atoms with van der Waals surface area (Å²) in [6.07, 6.45) is 3.70. The topological polar surface area (TPSA) is 65.1 Å². The Hall–Kier alpha value is -3.35. The standard InChI is InChI=1S/C23H24FNO5/c1-28-20-12-16-10-11-25(22(26)9-6-15-4-7-17(24)8-5-15)19(14-23(27)30-3)18(16)13-21(20)29-2/h4-9,12-13,19H,10-11,14H2,1-3H3/b9-6+/t19-/m1/s1. The number of carbonyl (C=O) groups excluding carboxylic acids is 2. The van der Waals surface area contributed by atoms with Gasteiger partial charge in [-0.3, -0.25) is 9.59 Å². The Bertz CT molecular complexity index is 955. The third-order valence-electron chi connectivity index (χ3n) is 5.16. The number of ether oxygens (including phenoxy) is 3. The molecule has 158 valence electrons. The molecule has 2 aromatic rings. The van der Waals surface area contributed by atoms with Gasteiger partial charge in [0.1, 0.15) is 5.82 Å². The van der Waals surface area contributed by atoms with Crippen LogP contribution in [0.2, 0.25) is 0 Å². The van der Waals surface area contributed by atoms with Crippen molar-refractivity contribution >= 4 is 18.0 Å². The lowest BCUT2D eigenvalue weighted by molar-refractivity contribution is -0.143. The van der Waals surface area contributed by atoms with E-state index in [0.29, 0.717) is 30.0 Å². The van der Waals surface area contributed by atoms with Crippen LogP contribution < -0.4 is 9.47 Å². The van der Waals surface area contributed by atoms with Gasteiger partial charge in [-0.25, -0.2) is 4.39 Å². The zero-order chi connectivity index (χ0) is 21.7. The van der Waals surface area contributed by atoms with Crippen LogP contribution in [0.1, 0.15) is 29.2 Å². The Morgan fingerprint density at radius 3 is 2.40 bits per heavy atom. The van der Waals surface area contributed by atoms with E-state index in [1.807, 2.05) is 12.1 Å². The first-order valence-electron chi connectivity index (χ1n) is 9.52. The molecule has 2 aromatic carbocycles. The first kappa shape index (κ1) is 21.4. The van der Waals surface area contributed by atoms with Gasteiger partial charge in [-0.05, 0) is 53.5 Å². The summed E-state index contributed by atoms with van der Waals surface area (Å²) in [5.41, 5.74) is 2.53. The molecule has 0 spiro atoms. The smallest absolute Gasteiger partial charge is 0.307 e. The second-order valence-corrected chi connectivity index (χ2v) is 6.87. The van der Waals surface area contributed by atoms with Crippen molar-refractivity contribution in [2.24, 2.45) is 0 Å². The molecule has 0 N–H and O–H groups in total. The highest BCUT2D eigenvalue weighted by Crippen LogP contribution is 2.39. The number of methoxy groups -OCH3 is 3. The molecular formula is C23H24FNO5. The summed E-state index contributed by atoms with van der Waals surface area (Å²) in [5, 5.41) is 0. The molecule has 0 aliphatic carbocycles. The van der Waals surface area contributed by atoms with Crippen LogP contribution in [0, 0.1) is 5.82 Å². The lowest BCUT2D eigenvalue weighted by Gasteiger charge is -2.36. The second kappa shape index (κ2) is 9.43. The molecule has 6 nitrogen and oxygen atoms in total. The number of nitrogens with zero attached hydrogens (tertiary/aromatic N) is 1. The average Bonchev–Trinajstić information content (AvgIpc) is 2.77. The van der Waals surface area contributed by atoms with Crippen LogP contribution in [0.4, 0.5) is 4.39 Å². The highest BCUT2D eigenvalue weighted by molar-refractivity contribution is 5.92. The number of esters is 1. The van der Waals surface area contributed by atoms with Crippen LogP contribution in [0.25, 0.3) is 6.08 Å². The third kappa shape index (κ3) is 4.62. The maximum absolute atomic E-state index is 13.1. The van der Waals surface area contributed by atoms with Crippen LogP contribution in [0.15, 0.2) is 42.5 Å². The molecule has 0 saturated carbocycles. The van der Waals surface area contributed by atoms with Crippen molar-refractivity contribution in [3.8, 4) is 11.5 Å². The summed E-state index contributed by atoms with van der Waals surface area (Å²) < 4.78 is 28.7. The minimum atomic E-state index is -0.494. The fourth-order valence-electron chi connectivity index (χ4n) is 3.59. The average molecular weight is 413 g/mol. The van der Waals surface area contributed by atoms with E-state index in [2.05, 4.69) is 0 Å². The van der Waals surface area contributed by atoms with Gasteiger partial charge in [0.15, 0.2) is 11.5 Å². The first-order valence-corrected chi connectivity index (χ1v) is 9.52. The number of hydrogen-bond donors (Lipinski definition) is 0. The van der Waals surface area contributed by atoms with Crippen molar-refractivity contribution in [1.82, 2.24) is 4.90 Å². The molecule has 1 aliphatic rings. The summed E-state index contributed by atoms with van der Waals surface area (Å²) in [4.78, 5) is 26.7. The molecule has 0 bridgehead atoms. The van der Waals surface area contributed by atoms with Gasteiger partial charge in [-0.2, -0.15) is 0 Å². The number of hydrogen-bond acceptors (Lipinski definition) is 5. The largest absolute Gasteiger partial charge is 0.493 e. The van der Waals surface area contributed by atoms with E-state index < -0.39 is 12.0 Å². The number of halogens is 1. The van der Waals surface area contributed by atoms with Crippen LogP contribution in [-0.2, 0) is 20.7 Å². The summed E-state index contributed by atoms with van der Waals surface area (Å²) in [6, 6.07) is 9.05. The predicted octanol–water partition coefficient (Wildman–Crippen LogP) is 3.55. The Morgan fingerprint density at radius 1 is 1.10 bits per heavy atom. The van der Waals surface area contributed by atoms with Crippen molar-refractivity contribution in [1.29, 1.82) is 0 Å². The molecule has 1 amide bonds. The second-order valence-electron chi connectivity index (χ2n) is 6.87. The maximum atomic E-state index is 13.1. The Morgan fingerprint density at radius 2 is 1.77 bits per heavy atom. The quantitative estimate of drug-likeness (QED) is 0.535. The van der Waals surface area contributed by atoms with Crippen LogP contribution >= 0.6 is 0 Å². The van der Waals surface area contributed by atoms with Crippen LogP contribution in [0.3, 0.4) is 0 Å². The van der Waals surface area contributed by atoms with Crippen molar-refractivity contribution in [2.75, 3.05) is 27.9 Å². The first-order chi connectivity index (χ1) is 14.5. The van der Waals surface area contributed by atoms with Gasteiger partial charge >= 0.3 is 5.97 Å². The van der Waals surface area contributed by atoms with Gasteiger partial charge < -0.3 is 19.1 Å². The van der Waals surface area contributed by atoms with Gasteiger partial charge in [0.2, 0.25) is 5.91 Å². The summed E-state index contributed by atoms with van der Waals surface area (Å²) in [6.45, 7) is 0.441. The van der Waals surface area contributed by atoms with E-state index in [0.717, 1.165) is 11.1 Å². The van der Waals surface area contributed by atoms with Gasteiger partial charge in [0.05, 0.1) is 33.8 Å². The highest BCUT2D eigenvalue weighted by atomic mass is 19.1. The summed E-state index contributed by atoms with van der Waals surface area (Å²) >= 11 is 0.